The first kappa shape index (κ1) is 20.6. The van der Waals surface area contributed by atoms with Crippen LogP contribution >= 0.6 is 0 Å². The predicted octanol–water partition coefficient (Wildman–Crippen LogP) is 1.06. The monoisotopic (exact) mass is 361 g/mol. The number of rotatable bonds is 8. The number of Topliss-reactive ketones (excluding diaryl/α,β-unsaturated/α-hetero) is 1. The van der Waals surface area contributed by atoms with Gasteiger partial charge in [-0.05, 0) is 46.1 Å². The Balaban J connectivity index is 1.98. The highest BCUT2D eigenvalue weighted by Crippen LogP contribution is 2.25. The van der Waals surface area contributed by atoms with Crippen molar-refractivity contribution in [1.29, 1.82) is 0 Å². The first-order valence-corrected chi connectivity index (χ1v) is 9.16. The van der Waals surface area contributed by atoms with Crippen LogP contribution in [0, 0.1) is 11.8 Å². The second-order valence-corrected chi connectivity index (χ2v) is 7.61. The van der Waals surface area contributed by atoms with E-state index in [0.717, 1.165) is 19.6 Å². The maximum absolute atomic E-state index is 12.8. The van der Waals surface area contributed by atoms with Crippen LogP contribution in [0.5, 0.6) is 0 Å². The summed E-state index contributed by atoms with van der Waals surface area (Å²) < 4.78 is 0. The Labute approximate surface area is 156 Å². The quantitative estimate of drug-likeness (QED) is 0.702. The largest absolute Gasteiger partial charge is 0.396 e. The molecule has 1 aromatic rings. The minimum atomic E-state index is -0.0306. The summed E-state index contributed by atoms with van der Waals surface area (Å²) >= 11 is 0. The molecule has 0 aromatic heterocycles. The summed E-state index contributed by atoms with van der Waals surface area (Å²) in [7, 11) is 6.19. The molecular formula is C20H31N3O3. The number of benzene rings is 1. The normalized spacial score (nSPS) is 20.2. The summed E-state index contributed by atoms with van der Waals surface area (Å²) in [6, 6.07) is 6.82. The molecule has 1 fully saturated rings. The molecule has 0 radical (unpaired) electrons. The number of ketones is 1. The standard InChI is InChI=1S/C20H31N3O3/c1-15(25)16-5-7-17(8-6-16)20(26)23-12-18(19(13-23)14-24)11-22(4)10-9-21(2)3/h5-8,18-19,24H,9-14H2,1-4H3/t18-,19-/m1/s1. The third-order valence-electron chi connectivity index (χ3n) is 5.11. The van der Waals surface area contributed by atoms with Gasteiger partial charge in [-0.3, -0.25) is 9.59 Å². The fraction of sp³-hybridized carbons (Fsp3) is 0.600. The highest BCUT2D eigenvalue weighted by molar-refractivity contribution is 5.97. The van der Waals surface area contributed by atoms with Crippen LogP contribution in [0.15, 0.2) is 24.3 Å². The molecule has 0 aliphatic carbocycles. The van der Waals surface area contributed by atoms with Gasteiger partial charge in [0, 0.05) is 56.4 Å². The number of likely N-dealkylation sites (N-methyl/N-ethyl adjacent to an activating group) is 2. The molecule has 0 spiro atoms. The highest BCUT2D eigenvalue weighted by atomic mass is 16.3. The summed E-state index contributed by atoms with van der Waals surface area (Å²) in [6.07, 6.45) is 0. The van der Waals surface area contributed by atoms with Gasteiger partial charge in [0.15, 0.2) is 5.78 Å². The molecule has 2 rings (SSSR count). The van der Waals surface area contributed by atoms with Crippen LogP contribution in [0.3, 0.4) is 0 Å². The molecule has 1 saturated heterocycles. The molecule has 1 amide bonds. The molecule has 144 valence electrons. The number of hydrogen-bond donors (Lipinski definition) is 1. The highest BCUT2D eigenvalue weighted by Gasteiger charge is 2.35. The van der Waals surface area contributed by atoms with E-state index >= 15 is 0 Å². The summed E-state index contributed by atoms with van der Waals surface area (Å²) in [4.78, 5) is 30.4. The first-order chi connectivity index (χ1) is 12.3. The van der Waals surface area contributed by atoms with E-state index in [1.165, 1.54) is 6.92 Å². The van der Waals surface area contributed by atoms with Crippen molar-refractivity contribution < 1.29 is 14.7 Å². The van der Waals surface area contributed by atoms with Crippen LogP contribution in [-0.2, 0) is 0 Å². The number of hydrogen-bond acceptors (Lipinski definition) is 5. The Hall–Kier alpha value is -1.76. The molecule has 0 bridgehead atoms. The molecule has 6 heteroatoms. The number of carbonyl (C=O) groups excluding carboxylic acids is 2. The van der Waals surface area contributed by atoms with Crippen LogP contribution in [0.1, 0.15) is 27.6 Å². The van der Waals surface area contributed by atoms with Crippen LogP contribution < -0.4 is 0 Å². The Morgan fingerprint density at radius 3 is 2.15 bits per heavy atom. The lowest BCUT2D eigenvalue weighted by molar-refractivity contribution is 0.0778. The molecule has 1 aliphatic rings. The third kappa shape index (κ3) is 5.37. The van der Waals surface area contributed by atoms with Gasteiger partial charge in [0.05, 0.1) is 0 Å². The third-order valence-corrected chi connectivity index (χ3v) is 5.11. The molecule has 6 nitrogen and oxygen atoms in total. The van der Waals surface area contributed by atoms with E-state index in [1.807, 2.05) is 4.90 Å². The van der Waals surface area contributed by atoms with Crippen molar-refractivity contribution in [3.05, 3.63) is 35.4 Å². The Bertz CT molecular complexity index is 615. The van der Waals surface area contributed by atoms with Crippen molar-refractivity contribution in [2.24, 2.45) is 11.8 Å². The lowest BCUT2D eigenvalue weighted by Crippen LogP contribution is -2.35. The summed E-state index contributed by atoms with van der Waals surface area (Å²) in [5.41, 5.74) is 1.20. The Morgan fingerprint density at radius 1 is 1.04 bits per heavy atom. The minimum Gasteiger partial charge on any atom is -0.396 e. The van der Waals surface area contributed by atoms with Gasteiger partial charge in [0.1, 0.15) is 0 Å². The average Bonchev–Trinajstić information content (AvgIpc) is 3.02. The van der Waals surface area contributed by atoms with E-state index < -0.39 is 0 Å². The van der Waals surface area contributed by atoms with Crippen LogP contribution in [0.2, 0.25) is 0 Å². The van der Waals surface area contributed by atoms with Crippen LogP contribution in [0.4, 0.5) is 0 Å². The van der Waals surface area contributed by atoms with Gasteiger partial charge in [0.2, 0.25) is 0 Å². The van der Waals surface area contributed by atoms with Crippen LogP contribution in [0.25, 0.3) is 0 Å². The SMILES string of the molecule is CC(=O)c1ccc(C(=O)N2C[C@@H](CN(C)CCN(C)C)[C@@H](CO)C2)cc1. The molecule has 1 N–H and O–H groups in total. The van der Waals surface area contributed by atoms with E-state index in [0.29, 0.717) is 24.2 Å². The van der Waals surface area contributed by atoms with Gasteiger partial charge in [-0.2, -0.15) is 0 Å². The smallest absolute Gasteiger partial charge is 0.253 e. The van der Waals surface area contributed by atoms with Gasteiger partial charge in [0.25, 0.3) is 5.91 Å². The van der Waals surface area contributed by atoms with Crippen molar-refractivity contribution >= 4 is 11.7 Å². The number of carbonyl (C=O) groups is 2. The fourth-order valence-corrected chi connectivity index (χ4v) is 3.41. The Kier molecular flexibility index (Phi) is 7.32. The van der Waals surface area contributed by atoms with Crippen molar-refractivity contribution in [1.82, 2.24) is 14.7 Å². The van der Waals surface area contributed by atoms with Crippen molar-refractivity contribution in [3.8, 4) is 0 Å². The summed E-state index contributed by atoms with van der Waals surface area (Å²) in [5, 5.41) is 9.73. The molecule has 1 aliphatic heterocycles. The molecular weight excluding hydrogens is 330 g/mol. The van der Waals surface area contributed by atoms with E-state index in [2.05, 4.69) is 30.9 Å². The van der Waals surface area contributed by atoms with Gasteiger partial charge >= 0.3 is 0 Å². The van der Waals surface area contributed by atoms with E-state index in [4.69, 9.17) is 0 Å². The number of amides is 1. The van der Waals surface area contributed by atoms with Crippen LogP contribution in [-0.4, -0.2) is 92.0 Å². The minimum absolute atomic E-state index is 0.00802. The first-order valence-electron chi connectivity index (χ1n) is 9.16. The maximum atomic E-state index is 12.8. The van der Waals surface area contributed by atoms with Crippen molar-refractivity contribution in [2.45, 2.75) is 6.92 Å². The van der Waals surface area contributed by atoms with E-state index in [1.54, 1.807) is 24.3 Å². The van der Waals surface area contributed by atoms with E-state index in [-0.39, 0.29) is 30.1 Å². The molecule has 2 atom stereocenters. The zero-order valence-corrected chi connectivity index (χ0v) is 16.3. The topological polar surface area (TPSA) is 64.1 Å². The van der Waals surface area contributed by atoms with Gasteiger partial charge in [-0.25, -0.2) is 0 Å². The molecule has 1 heterocycles. The lowest BCUT2D eigenvalue weighted by Gasteiger charge is -2.25. The summed E-state index contributed by atoms with van der Waals surface area (Å²) in [6.45, 7) is 5.66. The van der Waals surface area contributed by atoms with Gasteiger partial charge in [-0.15, -0.1) is 0 Å². The second-order valence-electron chi connectivity index (χ2n) is 7.61. The number of nitrogens with zero attached hydrogens (tertiary/aromatic N) is 3. The molecule has 26 heavy (non-hydrogen) atoms. The van der Waals surface area contributed by atoms with Crippen molar-refractivity contribution in [3.63, 3.8) is 0 Å². The average molecular weight is 361 g/mol. The second kappa shape index (κ2) is 9.26. The summed E-state index contributed by atoms with van der Waals surface area (Å²) in [5.74, 6) is 0.341. The maximum Gasteiger partial charge on any atom is 0.253 e. The Morgan fingerprint density at radius 2 is 1.62 bits per heavy atom. The predicted molar refractivity (Wildman–Crippen MR) is 102 cm³/mol. The van der Waals surface area contributed by atoms with E-state index in [9.17, 15) is 14.7 Å². The molecule has 0 saturated carbocycles. The number of aliphatic hydroxyl groups is 1. The fourth-order valence-electron chi connectivity index (χ4n) is 3.41. The van der Waals surface area contributed by atoms with Gasteiger partial charge < -0.3 is 19.8 Å². The molecule has 1 aromatic carbocycles. The zero-order chi connectivity index (χ0) is 19.3. The number of aliphatic hydroxyl groups excluding tert-OH is 1. The van der Waals surface area contributed by atoms with Crippen molar-refractivity contribution in [2.75, 3.05) is 60.5 Å². The van der Waals surface area contributed by atoms with Gasteiger partial charge in [-0.1, -0.05) is 12.1 Å². The lowest BCUT2D eigenvalue weighted by atomic mass is 9.96. The molecule has 0 unspecified atom stereocenters. The number of likely N-dealkylation sites (tertiary alicyclic amines) is 1. The zero-order valence-electron chi connectivity index (χ0n) is 16.3.